The number of anilines is 2. The average molecular weight is 312 g/mol. The highest BCUT2D eigenvalue weighted by atomic mass is 19.1. The molecule has 2 aromatic rings. The number of halogens is 1. The molecule has 0 bridgehead atoms. The lowest BCUT2D eigenvalue weighted by atomic mass is 10.1. The van der Waals surface area contributed by atoms with Crippen LogP contribution in [0.3, 0.4) is 0 Å². The summed E-state index contributed by atoms with van der Waals surface area (Å²) < 4.78 is 13.9. The molecule has 6 nitrogen and oxygen atoms in total. The van der Waals surface area contributed by atoms with Gasteiger partial charge in [-0.1, -0.05) is 0 Å². The van der Waals surface area contributed by atoms with Crippen LogP contribution in [0.25, 0.3) is 0 Å². The highest BCUT2D eigenvalue weighted by Gasteiger charge is 2.33. The van der Waals surface area contributed by atoms with Gasteiger partial charge in [-0.3, -0.25) is 4.98 Å². The zero-order valence-corrected chi connectivity index (χ0v) is 12.8. The van der Waals surface area contributed by atoms with Crippen LogP contribution >= 0.6 is 0 Å². The molecule has 1 aliphatic heterocycles. The number of nitriles is 1. The largest absolute Gasteiger partial charge is 0.371 e. The molecule has 0 spiro atoms. The Morgan fingerprint density at radius 3 is 2.96 bits per heavy atom. The van der Waals surface area contributed by atoms with E-state index < -0.39 is 6.17 Å². The van der Waals surface area contributed by atoms with E-state index in [-0.39, 0.29) is 6.04 Å². The van der Waals surface area contributed by atoms with Crippen molar-refractivity contribution in [1.29, 1.82) is 5.26 Å². The highest BCUT2D eigenvalue weighted by molar-refractivity contribution is 5.57. The highest BCUT2D eigenvalue weighted by Crippen LogP contribution is 2.27. The summed E-state index contributed by atoms with van der Waals surface area (Å²) >= 11 is 0. The van der Waals surface area contributed by atoms with Crippen molar-refractivity contribution >= 4 is 11.5 Å². The first-order valence-corrected chi connectivity index (χ1v) is 7.41. The van der Waals surface area contributed by atoms with Gasteiger partial charge in [-0.05, 0) is 12.1 Å². The van der Waals surface area contributed by atoms with Crippen LogP contribution in [-0.2, 0) is 0 Å². The molecule has 0 aliphatic carbocycles. The molecule has 2 atom stereocenters. The van der Waals surface area contributed by atoms with E-state index in [2.05, 4.69) is 21.0 Å². The van der Waals surface area contributed by atoms with Crippen LogP contribution in [0, 0.1) is 11.3 Å². The second kappa shape index (κ2) is 6.57. The molecule has 7 heteroatoms. The molecule has 1 aliphatic rings. The summed E-state index contributed by atoms with van der Waals surface area (Å²) in [6.45, 7) is 0.931. The fourth-order valence-corrected chi connectivity index (χ4v) is 2.99. The van der Waals surface area contributed by atoms with Crippen molar-refractivity contribution in [1.82, 2.24) is 15.0 Å². The average Bonchev–Trinajstić information content (AvgIpc) is 2.96. The van der Waals surface area contributed by atoms with Gasteiger partial charge in [0, 0.05) is 38.6 Å². The Morgan fingerprint density at radius 1 is 1.39 bits per heavy atom. The fraction of sp³-hybridized carbons (Fsp3) is 0.375. The Hall–Kier alpha value is -2.75. The molecule has 1 saturated heterocycles. The van der Waals surface area contributed by atoms with Crippen molar-refractivity contribution in [3.8, 4) is 6.07 Å². The number of nitrogens with zero attached hydrogens (tertiary/aromatic N) is 6. The van der Waals surface area contributed by atoms with E-state index in [4.69, 9.17) is 0 Å². The topological polar surface area (TPSA) is 68.9 Å². The summed E-state index contributed by atoms with van der Waals surface area (Å²) in [5.74, 6) is 0.730. The number of likely N-dealkylation sites (N-methyl/N-ethyl adjacent to an activating group) is 1. The van der Waals surface area contributed by atoms with Gasteiger partial charge >= 0.3 is 0 Å². The maximum atomic E-state index is 13.9. The smallest absolute Gasteiger partial charge is 0.132 e. The first-order valence-electron chi connectivity index (χ1n) is 7.41. The molecule has 23 heavy (non-hydrogen) atoms. The van der Waals surface area contributed by atoms with Crippen LogP contribution in [0.1, 0.15) is 12.0 Å². The number of hydrogen-bond donors (Lipinski definition) is 0. The monoisotopic (exact) mass is 312 g/mol. The summed E-state index contributed by atoms with van der Waals surface area (Å²) in [7, 11) is 1.90. The molecule has 1 fully saturated rings. The van der Waals surface area contributed by atoms with E-state index in [0.29, 0.717) is 25.1 Å². The second-order valence-corrected chi connectivity index (χ2v) is 5.59. The third-order valence-corrected chi connectivity index (χ3v) is 4.04. The molecular weight excluding hydrogens is 295 g/mol. The lowest BCUT2D eigenvalue weighted by Crippen LogP contribution is -2.39. The summed E-state index contributed by atoms with van der Waals surface area (Å²) in [4.78, 5) is 16.0. The van der Waals surface area contributed by atoms with Gasteiger partial charge in [-0.25, -0.2) is 14.4 Å². The molecule has 3 rings (SSSR count). The first kappa shape index (κ1) is 15.2. The van der Waals surface area contributed by atoms with E-state index in [0.717, 1.165) is 11.5 Å². The number of pyridine rings is 1. The summed E-state index contributed by atoms with van der Waals surface area (Å²) in [5.41, 5.74) is 1.31. The second-order valence-electron chi connectivity index (χ2n) is 5.59. The molecule has 3 heterocycles. The van der Waals surface area contributed by atoms with Crippen molar-refractivity contribution in [2.45, 2.75) is 18.6 Å². The van der Waals surface area contributed by atoms with Crippen molar-refractivity contribution in [3.63, 3.8) is 0 Å². The number of hydrogen-bond acceptors (Lipinski definition) is 6. The molecule has 0 N–H and O–H groups in total. The van der Waals surface area contributed by atoms with Crippen molar-refractivity contribution in [2.24, 2.45) is 0 Å². The van der Waals surface area contributed by atoms with E-state index in [9.17, 15) is 9.65 Å². The summed E-state index contributed by atoms with van der Waals surface area (Å²) in [5, 5.41) is 9.20. The molecule has 0 saturated carbocycles. The third kappa shape index (κ3) is 3.21. The van der Waals surface area contributed by atoms with Crippen LogP contribution in [0.4, 0.5) is 15.9 Å². The van der Waals surface area contributed by atoms with Crippen LogP contribution in [-0.4, -0.2) is 47.3 Å². The zero-order chi connectivity index (χ0) is 16.2. The van der Waals surface area contributed by atoms with Crippen LogP contribution in [0.5, 0.6) is 0 Å². The van der Waals surface area contributed by atoms with Gasteiger partial charge in [0.15, 0.2) is 0 Å². The molecule has 0 unspecified atom stereocenters. The molecule has 0 radical (unpaired) electrons. The van der Waals surface area contributed by atoms with E-state index in [1.54, 1.807) is 30.7 Å². The molecule has 2 aromatic heterocycles. The Balaban J connectivity index is 1.79. The Bertz CT molecular complexity index is 701. The Labute approximate surface area is 134 Å². The minimum Gasteiger partial charge on any atom is -0.371 e. The van der Waals surface area contributed by atoms with Crippen molar-refractivity contribution in [3.05, 3.63) is 42.6 Å². The molecule has 118 valence electrons. The molecule has 0 aromatic carbocycles. The van der Waals surface area contributed by atoms with Gasteiger partial charge in [0.25, 0.3) is 0 Å². The lowest BCUT2D eigenvalue weighted by molar-refractivity contribution is 0.356. The molecule has 0 amide bonds. The van der Waals surface area contributed by atoms with Crippen LogP contribution in [0.15, 0.2) is 37.1 Å². The van der Waals surface area contributed by atoms with Crippen molar-refractivity contribution < 1.29 is 4.39 Å². The van der Waals surface area contributed by atoms with Crippen LogP contribution < -0.4 is 9.80 Å². The maximum absolute atomic E-state index is 13.9. The summed E-state index contributed by atoms with van der Waals surface area (Å²) in [6.07, 6.45) is 5.89. The maximum Gasteiger partial charge on any atom is 0.132 e. The van der Waals surface area contributed by atoms with E-state index in [1.807, 2.05) is 16.8 Å². The molecular formula is C16H17FN6. The standard InChI is InChI=1S/C16H17FN6/c1-22(15-2-4-19-8-12(15)7-18)10-14-6-13(17)9-23(14)16-3-5-20-11-21-16/h2-5,8,11,13-14H,6,9-10H2,1H3/t13-,14-/m0/s1. The Morgan fingerprint density at radius 2 is 2.22 bits per heavy atom. The zero-order valence-electron chi connectivity index (χ0n) is 12.8. The fourth-order valence-electron chi connectivity index (χ4n) is 2.99. The van der Waals surface area contributed by atoms with Gasteiger partial charge < -0.3 is 9.80 Å². The third-order valence-electron chi connectivity index (χ3n) is 4.04. The minimum absolute atomic E-state index is 0.00962. The van der Waals surface area contributed by atoms with E-state index >= 15 is 0 Å². The first-order chi connectivity index (χ1) is 11.2. The summed E-state index contributed by atoms with van der Waals surface area (Å²) in [6, 6.07) is 5.72. The van der Waals surface area contributed by atoms with Gasteiger partial charge in [0.05, 0.1) is 23.8 Å². The van der Waals surface area contributed by atoms with E-state index in [1.165, 1.54) is 6.33 Å². The van der Waals surface area contributed by atoms with Gasteiger partial charge in [0.1, 0.15) is 24.4 Å². The van der Waals surface area contributed by atoms with Gasteiger partial charge in [-0.2, -0.15) is 5.26 Å². The minimum atomic E-state index is -0.878. The lowest BCUT2D eigenvalue weighted by Gasteiger charge is -2.30. The van der Waals surface area contributed by atoms with Gasteiger partial charge in [-0.15, -0.1) is 0 Å². The number of alkyl halides is 1. The Kier molecular flexibility index (Phi) is 4.33. The predicted molar refractivity (Wildman–Crippen MR) is 84.9 cm³/mol. The quantitative estimate of drug-likeness (QED) is 0.857. The predicted octanol–water partition coefficient (Wildman–Crippen LogP) is 1.80. The van der Waals surface area contributed by atoms with Crippen LogP contribution in [0.2, 0.25) is 0 Å². The van der Waals surface area contributed by atoms with Gasteiger partial charge in [0.2, 0.25) is 0 Å². The number of aromatic nitrogens is 3. The number of rotatable bonds is 4. The SMILES string of the molecule is CN(C[C@@H]1C[C@H](F)CN1c1ccncn1)c1ccncc1C#N. The van der Waals surface area contributed by atoms with Crippen molar-refractivity contribution in [2.75, 3.05) is 29.9 Å². The normalized spacial score (nSPS) is 20.3.